The molecule has 3 N–H and O–H groups in total. The van der Waals surface area contributed by atoms with Crippen molar-refractivity contribution in [3.05, 3.63) is 24.0 Å². The average molecular weight is 325 g/mol. The lowest BCUT2D eigenvalue weighted by Gasteiger charge is -2.30. The number of hydrogen-bond acceptors (Lipinski definition) is 4. The van der Waals surface area contributed by atoms with Crippen LogP contribution in [0.25, 0.3) is 0 Å². The van der Waals surface area contributed by atoms with Gasteiger partial charge in [0, 0.05) is 26.1 Å². The van der Waals surface area contributed by atoms with Crippen LogP contribution >= 0.6 is 0 Å². The zero-order chi connectivity index (χ0) is 16.7. The molecule has 23 heavy (non-hydrogen) atoms. The number of carboxylic acid groups (broad SMARTS) is 1. The highest BCUT2D eigenvalue weighted by Gasteiger charge is 2.17. The van der Waals surface area contributed by atoms with Crippen LogP contribution in [0.5, 0.6) is 0 Å². The highest BCUT2D eigenvalue weighted by Crippen LogP contribution is 2.27. The Hall–Kier alpha value is -2.35. The maximum absolute atomic E-state index is 13.5. The smallest absolute Gasteiger partial charge is 0.319 e. The molecule has 8 heteroatoms. The van der Waals surface area contributed by atoms with Gasteiger partial charge in [-0.3, -0.25) is 4.79 Å². The number of morpholine rings is 1. The van der Waals surface area contributed by atoms with E-state index in [1.807, 2.05) is 4.90 Å². The summed E-state index contributed by atoms with van der Waals surface area (Å²) in [5, 5.41) is 13.8. The van der Waals surface area contributed by atoms with Crippen molar-refractivity contribution in [2.24, 2.45) is 0 Å². The molecule has 2 amide bonds. The van der Waals surface area contributed by atoms with Gasteiger partial charge in [0.2, 0.25) is 0 Å². The Balaban J connectivity index is 1.95. The monoisotopic (exact) mass is 325 g/mol. The minimum Gasteiger partial charge on any atom is -0.481 e. The van der Waals surface area contributed by atoms with Crippen molar-refractivity contribution in [1.82, 2.24) is 5.32 Å². The summed E-state index contributed by atoms with van der Waals surface area (Å²) >= 11 is 0. The van der Waals surface area contributed by atoms with Crippen molar-refractivity contribution < 1.29 is 23.8 Å². The van der Waals surface area contributed by atoms with Crippen LogP contribution in [-0.2, 0) is 9.53 Å². The van der Waals surface area contributed by atoms with Crippen molar-refractivity contribution in [3.63, 3.8) is 0 Å². The maximum atomic E-state index is 13.5. The molecule has 7 nitrogen and oxygen atoms in total. The molecule has 0 saturated carbocycles. The number of anilines is 2. The topological polar surface area (TPSA) is 90.9 Å². The lowest BCUT2D eigenvalue weighted by molar-refractivity contribution is -0.137. The van der Waals surface area contributed by atoms with E-state index in [2.05, 4.69) is 10.6 Å². The molecule has 1 aliphatic rings. The first kappa shape index (κ1) is 17.0. The SMILES string of the molecule is O=C(O)CCCNC(=O)Nc1ccc(F)cc1N1CCOCC1. The first-order valence-corrected chi connectivity index (χ1v) is 7.45. The summed E-state index contributed by atoms with van der Waals surface area (Å²) < 4.78 is 18.8. The van der Waals surface area contributed by atoms with E-state index in [0.29, 0.717) is 44.1 Å². The van der Waals surface area contributed by atoms with Crippen molar-refractivity contribution in [2.75, 3.05) is 43.1 Å². The van der Waals surface area contributed by atoms with Gasteiger partial charge in [-0.2, -0.15) is 0 Å². The Morgan fingerprint density at radius 3 is 2.74 bits per heavy atom. The van der Waals surface area contributed by atoms with Gasteiger partial charge in [-0.1, -0.05) is 0 Å². The number of halogens is 1. The second-order valence-corrected chi connectivity index (χ2v) is 5.14. The second kappa shape index (κ2) is 8.33. The van der Waals surface area contributed by atoms with Crippen LogP contribution in [0.15, 0.2) is 18.2 Å². The highest BCUT2D eigenvalue weighted by atomic mass is 19.1. The predicted octanol–water partition coefficient (Wildman–Crippen LogP) is 1.65. The molecule has 1 aromatic rings. The number of carboxylic acids is 1. The molecule has 1 saturated heterocycles. The van der Waals surface area contributed by atoms with Gasteiger partial charge in [0.15, 0.2) is 0 Å². The number of aliphatic carboxylic acids is 1. The molecule has 0 radical (unpaired) electrons. The summed E-state index contributed by atoms with van der Waals surface area (Å²) in [5.74, 6) is -1.28. The van der Waals surface area contributed by atoms with Crippen LogP contribution in [-0.4, -0.2) is 50.0 Å². The van der Waals surface area contributed by atoms with Crippen molar-refractivity contribution >= 4 is 23.4 Å². The maximum Gasteiger partial charge on any atom is 0.319 e. The molecule has 1 aromatic carbocycles. The number of benzene rings is 1. The Bertz CT molecular complexity index is 562. The van der Waals surface area contributed by atoms with E-state index in [9.17, 15) is 14.0 Å². The van der Waals surface area contributed by atoms with E-state index >= 15 is 0 Å². The van der Waals surface area contributed by atoms with Gasteiger partial charge in [-0.25, -0.2) is 9.18 Å². The van der Waals surface area contributed by atoms with Crippen molar-refractivity contribution in [1.29, 1.82) is 0 Å². The summed E-state index contributed by atoms with van der Waals surface area (Å²) in [7, 11) is 0. The number of carbonyl (C=O) groups excluding carboxylic acids is 1. The minimum atomic E-state index is -0.902. The van der Waals surface area contributed by atoms with Gasteiger partial charge in [-0.05, 0) is 24.6 Å². The van der Waals surface area contributed by atoms with E-state index < -0.39 is 12.0 Å². The summed E-state index contributed by atoms with van der Waals surface area (Å²) in [5.41, 5.74) is 1.11. The standard InChI is InChI=1S/C15H20FN3O4/c16-11-3-4-12(13(10-11)19-6-8-23-9-7-19)18-15(22)17-5-1-2-14(20)21/h3-4,10H,1-2,5-9H2,(H,20,21)(H2,17,18,22). The molecular weight excluding hydrogens is 305 g/mol. The fraction of sp³-hybridized carbons (Fsp3) is 0.467. The summed E-state index contributed by atoms with van der Waals surface area (Å²) in [6, 6.07) is 3.73. The lowest BCUT2D eigenvalue weighted by Crippen LogP contribution is -2.37. The molecule has 0 bridgehead atoms. The number of amides is 2. The quantitative estimate of drug-likeness (QED) is 0.692. The number of carbonyl (C=O) groups is 2. The van der Waals surface area contributed by atoms with E-state index in [4.69, 9.17) is 9.84 Å². The minimum absolute atomic E-state index is 0.00411. The fourth-order valence-corrected chi connectivity index (χ4v) is 2.28. The summed E-state index contributed by atoms with van der Waals surface area (Å²) in [6.07, 6.45) is 0.346. The zero-order valence-corrected chi connectivity index (χ0v) is 12.7. The lowest BCUT2D eigenvalue weighted by atomic mass is 10.2. The van der Waals surface area contributed by atoms with Crippen LogP contribution in [0.4, 0.5) is 20.6 Å². The Morgan fingerprint density at radius 1 is 1.30 bits per heavy atom. The molecule has 1 aliphatic heterocycles. The number of nitrogens with zero attached hydrogens (tertiary/aromatic N) is 1. The van der Waals surface area contributed by atoms with E-state index in [1.165, 1.54) is 18.2 Å². The first-order valence-electron chi connectivity index (χ1n) is 7.45. The molecule has 0 atom stereocenters. The average Bonchev–Trinajstić information content (AvgIpc) is 2.54. The van der Waals surface area contributed by atoms with Gasteiger partial charge >= 0.3 is 12.0 Å². The molecule has 0 aliphatic carbocycles. The number of rotatable bonds is 6. The molecular formula is C15H20FN3O4. The van der Waals surface area contributed by atoms with Crippen molar-refractivity contribution in [2.45, 2.75) is 12.8 Å². The Morgan fingerprint density at radius 2 is 2.04 bits per heavy atom. The van der Waals surface area contributed by atoms with E-state index in [1.54, 1.807) is 0 Å². The third-order valence-corrected chi connectivity index (χ3v) is 3.41. The number of urea groups is 1. The van der Waals surface area contributed by atoms with Crippen LogP contribution in [0.1, 0.15) is 12.8 Å². The Kier molecular flexibility index (Phi) is 6.16. The molecule has 1 heterocycles. The second-order valence-electron chi connectivity index (χ2n) is 5.14. The van der Waals surface area contributed by atoms with Gasteiger partial charge in [0.05, 0.1) is 24.6 Å². The highest BCUT2D eigenvalue weighted by molar-refractivity contribution is 5.93. The molecule has 126 valence electrons. The first-order chi connectivity index (χ1) is 11.1. The number of ether oxygens (including phenoxy) is 1. The third-order valence-electron chi connectivity index (χ3n) is 3.41. The third kappa shape index (κ3) is 5.41. The predicted molar refractivity (Wildman–Crippen MR) is 83.3 cm³/mol. The normalized spacial score (nSPS) is 14.4. The molecule has 0 aromatic heterocycles. The van der Waals surface area contributed by atoms with E-state index in [0.717, 1.165) is 0 Å². The van der Waals surface area contributed by atoms with Crippen LogP contribution in [0.2, 0.25) is 0 Å². The van der Waals surface area contributed by atoms with Crippen LogP contribution in [0, 0.1) is 5.82 Å². The van der Waals surface area contributed by atoms with Gasteiger partial charge in [0.25, 0.3) is 0 Å². The number of hydrogen-bond donors (Lipinski definition) is 3. The van der Waals surface area contributed by atoms with Gasteiger partial charge < -0.3 is 25.4 Å². The summed E-state index contributed by atoms with van der Waals surface area (Å²) in [4.78, 5) is 24.2. The van der Waals surface area contributed by atoms with Crippen molar-refractivity contribution in [3.8, 4) is 0 Å². The summed E-state index contributed by atoms with van der Waals surface area (Å²) in [6.45, 7) is 2.61. The Labute approximate surface area is 133 Å². The van der Waals surface area contributed by atoms with Crippen LogP contribution in [0.3, 0.4) is 0 Å². The fourth-order valence-electron chi connectivity index (χ4n) is 2.28. The van der Waals surface area contributed by atoms with Gasteiger partial charge in [-0.15, -0.1) is 0 Å². The van der Waals surface area contributed by atoms with E-state index in [-0.39, 0.29) is 18.8 Å². The molecule has 1 fully saturated rings. The molecule has 2 rings (SSSR count). The van der Waals surface area contributed by atoms with Crippen LogP contribution < -0.4 is 15.5 Å². The zero-order valence-electron chi connectivity index (χ0n) is 12.7. The molecule has 0 spiro atoms. The van der Waals surface area contributed by atoms with Gasteiger partial charge in [0.1, 0.15) is 5.82 Å². The number of nitrogens with one attached hydrogen (secondary N) is 2. The largest absolute Gasteiger partial charge is 0.481 e. The molecule has 0 unspecified atom stereocenters.